The van der Waals surface area contributed by atoms with Gasteiger partial charge in [-0.15, -0.1) is 0 Å². The van der Waals surface area contributed by atoms with Crippen LogP contribution in [0.25, 0.3) is 11.0 Å². The molecule has 1 amide bonds. The largest absolute Gasteiger partial charge is 0.345 e. The third-order valence-electron chi connectivity index (χ3n) is 3.00. The van der Waals surface area contributed by atoms with E-state index in [1.54, 1.807) is 18.5 Å². The number of para-hydroxylation sites is 1. The van der Waals surface area contributed by atoms with Gasteiger partial charge < -0.3 is 10.3 Å². The van der Waals surface area contributed by atoms with E-state index < -0.39 is 5.82 Å². The summed E-state index contributed by atoms with van der Waals surface area (Å²) in [6, 6.07) is 11.6. The second kappa shape index (κ2) is 5.13. The van der Waals surface area contributed by atoms with Crippen LogP contribution in [-0.2, 0) is 11.2 Å². The van der Waals surface area contributed by atoms with Crippen molar-refractivity contribution in [3.63, 3.8) is 0 Å². The Morgan fingerprint density at radius 1 is 1.25 bits per heavy atom. The van der Waals surface area contributed by atoms with Crippen molar-refractivity contribution < 1.29 is 9.18 Å². The highest BCUT2D eigenvalue weighted by molar-refractivity contribution is 5.92. The molecule has 5 heteroatoms. The van der Waals surface area contributed by atoms with E-state index in [9.17, 15) is 9.18 Å². The van der Waals surface area contributed by atoms with Gasteiger partial charge in [-0.25, -0.2) is 9.37 Å². The molecule has 0 bridgehead atoms. The van der Waals surface area contributed by atoms with E-state index in [0.717, 1.165) is 16.6 Å². The molecule has 0 spiro atoms. The molecule has 3 aromatic rings. The van der Waals surface area contributed by atoms with Crippen LogP contribution in [0.15, 0.2) is 48.8 Å². The number of H-pyrrole nitrogens is 1. The van der Waals surface area contributed by atoms with E-state index in [-0.39, 0.29) is 18.0 Å². The maximum atomic E-state index is 13.4. The Hall–Kier alpha value is -2.69. The highest BCUT2D eigenvalue weighted by Crippen LogP contribution is 2.15. The minimum Gasteiger partial charge on any atom is -0.345 e. The average Bonchev–Trinajstić information content (AvgIpc) is 2.89. The van der Waals surface area contributed by atoms with E-state index in [4.69, 9.17) is 0 Å². The van der Waals surface area contributed by atoms with Crippen molar-refractivity contribution in [2.45, 2.75) is 6.42 Å². The van der Waals surface area contributed by atoms with Crippen molar-refractivity contribution in [3.05, 3.63) is 60.2 Å². The summed E-state index contributed by atoms with van der Waals surface area (Å²) in [5.74, 6) is -0.696. The lowest BCUT2D eigenvalue weighted by Crippen LogP contribution is -2.15. The summed E-state index contributed by atoms with van der Waals surface area (Å²) in [5, 5.41) is 2.56. The number of aromatic nitrogens is 2. The Balaban J connectivity index is 1.74. The van der Waals surface area contributed by atoms with Crippen LogP contribution in [0.5, 0.6) is 0 Å². The molecule has 0 unspecified atom stereocenters. The number of carbonyl (C=O) groups is 1. The zero-order chi connectivity index (χ0) is 13.9. The molecule has 0 atom stereocenters. The average molecular weight is 269 g/mol. The Bertz CT molecular complexity index is 766. The van der Waals surface area contributed by atoms with Crippen LogP contribution in [-0.4, -0.2) is 15.9 Å². The number of anilines is 1. The van der Waals surface area contributed by atoms with Gasteiger partial charge in [0.15, 0.2) is 0 Å². The first-order valence-electron chi connectivity index (χ1n) is 6.19. The standard InChI is InChI=1S/C15H12FN3O/c16-11-3-1-2-4-12(11)19-15(20)8-10-5-6-13-14(7-10)18-9-17-13/h1-7,9H,8H2,(H,17,18)(H,19,20). The maximum absolute atomic E-state index is 13.4. The van der Waals surface area contributed by atoms with Crippen molar-refractivity contribution in [3.8, 4) is 0 Å². The number of benzene rings is 2. The first-order valence-corrected chi connectivity index (χ1v) is 6.19. The van der Waals surface area contributed by atoms with Gasteiger partial charge in [0.2, 0.25) is 5.91 Å². The fourth-order valence-corrected chi connectivity index (χ4v) is 2.04. The Kier molecular flexibility index (Phi) is 3.16. The van der Waals surface area contributed by atoms with Crippen molar-refractivity contribution in [1.82, 2.24) is 9.97 Å². The Morgan fingerprint density at radius 2 is 2.10 bits per heavy atom. The normalized spacial score (nSPS) is 10.7. The summed E-state index contributed by atoms with van der Waals surface area (Å²) in [6.45, 7) is 0. The van der Waals surface area contributed by atoms with E-state index in [0.29, 0.717) is 0 Å². The van der Waals surface area contributed by atoms with Gasteiger partial charge >= 0.3 is 0 Å². The maximum Gasteiger partial charge on any atom is 0.228 e. The molecule has 0 aliphatic carbocycles. The summed E-state index contributed by atoms with van der Waals surface area (Å²) in [5.41, 5.74) is 2.76. The Labute approximate surface area is 114 Å². The molecule has 3 rings (SSSR count). The molecule has 20 heavy (non-hydrogen) atoms. The van der Waals surface area contributed by atoms with Gasteiger partial charge in [-0.05, 0) is 29.8 Å². The van der Waals surface area contributed by atoms with Crippen LogP contribution in [0.3, 0.4) is 0 Å². The molecule has 1 aromatic heterocycles. The highest BCUT2D eigenvalue weighted by atomic mass is 19.1. The van der Waals surface area contributed by atoms with E-state index in [1.165, 1.54) is 12.1 Å². The molecule has 0 radical (unpaired) electrons. The molecule has 2 aromatic carbocycles. The fraction of sp³-hybridized carbons (Fsp3) is 0.0667. The number of aromatic amines is 1. The number of nitrogens with zero attached hydrogens (tertiary/aromatic N) is 1. The third-order valence-corrected chi connectivity index (χ3v) is 3.00. The van der Waals surface area contributed by atoms with E-state index >= 15 is 0 Å². The van der Waals surface area contributed by atoms with Crippen molar-refractivity contribution >= 4 is 22.6 Å². The zero-order valence-corrected chi connectivity index (χ0v) is 10.6. The second-order valence-corrected chi connectivity index (χ2v) is 4.46. The zero-order valence-electron chi connectivity index (χ0n) is 10.6. The summed E-state index contributed by atoms with van der Waals surface area (Å²) in [7, 11) is 0. The number of carbonyl (C=O) groups excluding carboxylic acids is 1. The number of halogens is 1. The number of hydrogen-bond donors (Lipinski definition) is 2. The third kappa shape index (κ3) is 2.51. The molecular weight excluding hydrogens is 257 g/mol. The number of amides is 1. The van der Waals surface area contributed by atoms with Gasteiger partial charge in [-0.2, -0.15) is 0 Å². The van der Waals surface area contributed by atoms with Gasteiger partial charge in [-0.3, -0.25) is 4.79 Å². The SMILES string of the molecule is O=C(Cc1ccc2nc[nH]c2c1)Nc1ccccc1F. The smallest absolute Gasteiger partial charge is 0.228 e. The quantitative estimate of drug-likeness (QED) is 0.768. The first kappa shape index (κ1) is 12.3. The molecular formula is C15H12FN3O. The molecule has 1 heterocycles. The minimum absolute atomic E-state index is 0.184. The molecule has 0 fully saturated rings. The molecule has 0 aliphatic heterocycles. The topological polar surface area (TPSA) is 57.8 Å². The van der Waals surface area contributed by atoms with E-state index in [1.807, 2.05) is 18.2 Å². The van der Waals surface area contributed by atoms with Crippen LogP contribution in [0.2, 0.25) is 0 Å². The lowest BCUT2D eigenvalue weighted by molar-refractivity contribution is -0.115. The van der Waals surface area contributed by atoms with Crippen LogP contribution in [0.1, 0.15) is 5.56 Å². The molecule has 100 valence electrons. The predicted octanol–water partition coefficient (Wildman–Crippen LogP) is 2.88. The van der Waals surface area contributed by atoms with Crippen molar-refractivity contribution in [2.24, 2.45) is 0 Å². The van der Waals surface area contributed by atoms with Crippen LogP contribution in [0.4, 0.5) is 10.1 Å². The van der Waals surface area contributed by atoms with Gasteiger partial charge in [0, 0.05) is 0 Å². The van der Waals surface area contributed by atoms with Crippen LogP contribution < -0.4 is 5.32 Å². The van der Waals surface area contributed by atoms with Gasteiger partial charge in [0.1, 0.15) is 5.82 Å². The Morgan fingerprint density at radius 3 is 2.95 bits per heavy atom. The van der Waals surface area contributed by atoms with Crippen molar-refractivity contribution in [1.29, 1.82) is 0 Å². The predicted molar refractivity (Wildman–Crippen MR) is 74.8 cm³/mol. The van der Waals surface area contributed by atoms with Gasteiger partial charge in [0.25, 0.3) is 0 Å². The number of imidazole rings is 1. The fourth-order valence-electron chi connectivity index (χ4n) is 2.04. The molecule has 2 N–H and O–H groups in total. The number of fused-ring (bicyclic) bond motifs is 1. The minimum atomic E-state index is -0.440. The summed E-state index contributed by atoms with van der Waals surface area (Å²) >= 11 is 0. The first-order chi connectivity index (χ1) is 9.72. The number of hydrogen-bond acceptors (Lipinski definition) is 2. The van der Waals surface area contributed by atoms with Crippen molar-refractivity contribution in [2.75, 3.05) is 5.32 Å². The molecule has 0 aliphatic rings. The number of rotatable bonds is 3. The number of nitrogens with one attached hydrogen (secondary N) is 2. The van der Waals surface area contributed by atoms with E-state index in [2.05, 4.69) is 15.3 Å². The van der Waals surface area contributed by atoms with Crippen LogP contribution >= 0.6 is 0 Å². The highest BCUT2D eigenvalue weighted by Gasteiger charge is 2.08. The summed E-state index contributed by atoms with van der Waals surface area (Å²) < 4.78 is 13.4. The molecule has 4 nitrogen and oxygen atoms in total. The monoisotopic (exact) mass is 269 g/mol. The van der Waals surface area contributed by atoms with Gasteiger partial charge in [0.05, 0.1) is 29.5 Å². The molecule has 0 saturated carbocycles. The lowest BCUT2D eigenvalue weighted by atomic mass is 10.1. The van der Waals surface area contributed by atoms with Gasteiger partial charge in [-0.1, -0.05) is 18.2 Å². The summed E-state index contributed by atoms with van der Waals surface area (Å²) in [4.78, 5) is 19.0. The summed E-state index contributed by atoms with van der Waals surface area (Å²) in [6.07, 6.45) is 1.79. The second-order valence-electron chi connectivity index (χ2n) is 4.46. The lowest BCUT2D eigenvalue weighted by Gasteiger charge is -2.06. The molecule has 0 saturated heterocycles. The van der Waals surface area contributed by atoms with Crippen LogP contribution in [0, 0.1) is 5.82 Å².